The summed E-state index contributed by atoms with van der Waals surface area (Å²) in [6, 6.07) is 14.0. The van der Waals surface area contributed by atoms with Crippen LogP contribution in [0.5, 0.6) is 23.0 Å². The molecule has 0 radical (unpaired) electrons. The van der Waals surface area contributed by atoms with E-state index in [9.17, 15) is 27.9 Å². The Hall–Kier alpha value is -3.34. The van der Waals surface area contributed by atoms with E-state index in [2.05, 4.69) is 4.90 Å². The molecule has 42 heavy (non-hydrogen) atoms. The van der Waals surface area contributed by atoms with E-state index in [1.807, 2.05) is 0 Å². The lowest BCUT2D eigenvalue weighted by Crippen LogP contribution is -2.28. The van der Waals surface area contributed by atoms with Crippen LogP contribution in [-0.4, -0.2) is 51.9 Å². The summed E-state index contributed by atoms with van der Waals surface area (Å²) >= 11 is 1.08. The molecule has 1 aliphatic heterocycles. The molecule has 1 saturated carbocycles. The highest BCUT2D eigenvalue weighted by atomic mass is 32.1. The molecule has 3 atom stereocenters. The fourth-order valence-electron chi connectivity index (χ4n) is 5.46. The van der Waals surface area contributed by atoms with Gasteiger partial charge in [0.1, 0.15) is 40.2 Å². The third-order valence-corrected chi connectivity index (χ3v) is 9.03. The van der Waals surface area contributed by atoms with Crippen molar-refractivity contribution in [3.05, 3.63) is 82.0 Å². The number of aryl methyl sites for hydroxylation is 2. The number of hydrogen-bond donors (Lipinski definition) is 2. The van der Waals surface area contributed by atoms with Gasteiger partial charge in [0.15, 0.2) is 5.75 Å². The number of alkyl halides is 1. The van der Waals surface area contributed by atoms with Crippen LogP contribution in [0.3, 0.4) is 0 Å². The summed E-state index contributed by atoms with van der Waals surface area (Å²) in [5.74, 6) is 0.468. The predicted octanol–water partition coefficient (Wildman–Crippen LogP) is 6.72. The van der Waals surface area contributed by atoms with Gasteiger partial charge in [0, 0.05) is 34.8 Å². The van der Waals surface area contributed by atoms with Crippen LogP contribution in [0.25, 0.3) is 10.1 Å². The highest BCUT2D eigenvalue weighted by Crippen LogP contribution is 2.46. The van der Waals surface area contributed by atoms with Crippen LogP contribution in [0.4, 0.5) is 8.78 Å². The normalized spacial score (nSPS) is 20.6. The van der Waals surface area contributed by atoms with E-state index in [0.29, 0.717) is 51.2 Å². The first-order valence-electron chi connectivity index (χ1n) is 13.4. The molecule has 0 amide bonds. The molecule has 2 unspecified atom stereocenters. The summed E-state index contributed by atoms with van der Waals surface area (Å²) in [6.07, 6.45) is 0.662. The number of nitrogens with zero attached hydrogens (tertiary/aromatic N) is 1. The lowest BCUT2D eigenvalue weighted by atomic mass is 9.97. The quantitative estimate of drug-likeness (QED) is 0.158. The largest absolute Gasteiger partial charge is 0.524 e. The Bertz CT molecular complexity index is 1700. The van der Waals surface area contributed by atoms with Crippen molar-refractivity contribution in [2.75, 3.05) is 13.1 Å². The average Bonchev–Trinajstić information content (AvgIpc) is 3.29. The average molecular weight is 616 g/mol. The molecular weight excluding hydrogens is 587 g/mol. The van der Waals surface area contributed by atoms with Crippen LogP contribution in [0, 0.1) is 19.7 Å². The van der Waals surface area contributed by atoms with E-state index < -0.39 is 19.8 Å². The number of likely N-dealkylation sites (tertiary alicyclic amines) is 1. The number of hydrogen-bond acceptors (Lipinski definition) is 7. The molecule has 1 aromatic heterocycles. The molecule has 12 heteroatoms. The molecule has 2 fully saturated rings. The Morgan fingerprint density at radius 3 is 2.31 bits per heavy atom. The number of fused-ring (bicyclic) bond motifs is 1. The van der Waals surface area contributed by atoms with Gasteiger partial charge >= 0.3 is 7.82 Å². The van der Waals surface area contributed by atoms with Crippen molar-refractivity contribution in [2.24, 2.45) is 0 Å². The van der Waals surface area contributed by atoms with Crippen LogP contribution in [0.1, 0.15) is 39.2 Å². The van der Waals surface area contributed by atoms with Gasteiger partial charge in [-0.2, -0.15) is 0 Å². The molecule has 1 aliphatic carbocycles. The molecule has 4 aromatic rings. The van der Waals surface area contributed by atoms with E-state index in [1.165, 1.54) is 24.3 Å². The first-order valence-corrected chi connectivity index (χ1v) is 15.8. The number of phosphoric ester groups is 1. The monoisotopic (exact) mass is 615 g/mol. The smallest absolute Gasteiger partial charge is 0.489 e. The van der Waals surface area contributed by atoms with Gasteiger partial charge in [-0.3, -0.25) is 19.5 Å². The third kappa shape index (κ3) is 6.07. The van der Waals surface area contributed by atoms with Crippen molar-refractivity contribution >= 4 is 35.0 Å². The van der Waals surface area contributed by atoms with Gasteiger partial charge in [0.05, 0.1) is 0 Å². The van der Waals surface area contributed by atoms with E-state index >= 15 is 0 Å². The third-order valence-electron chi connectivity index (χ3n) is 7.44. The summed E-state index contributed by atoms with van der Waals surface area (Å²) in [7, 11) is -4.79. The zero-order valence-electron chi connectivity index (χ0n) is 22.8. The van der Waals surface area contributed by atoms with Gasteiger partial charge in [0.2, 0.25) is 5.78 Å². The summed E-state index contributed by atoms with van der Waals surface area (Å²) < 4.78 is 56.4. The topological polar surface area (TPSA) is 106 Å². The van der Waals surface area contributed by atoms with Crippen LogP contribution < -0.4 is 14.0 Å². The first-order chi connectivity index (χ1) is 19.9. The number of benzene rings is 3. The fraction of sp³-hybridized carbons (Fsp3) is 0.300. The second-order valence-electron chi connectivity index (χ2n) is 10.7. The second kappa shape index (κ2) is 11.1. The fourth-order valence-corrected chi connectivity index (χ4v) is 6.95. The molecule has 3 aromatic carbocycles. The number of carbonyl (C=O) groups is 1. The lowest BCUT2D eigenvalue weighted by molar-refractivity contribution is 0.103. The minimum atomic E-state index is -4.79. The Balaban J connectivity index is 1.29. The maximum Gasteiger partial charge on any atom is 0.524 e. The number of thiophene rings is 1. The minimum absolute atomic E-state index is 0.0219. The van der Waals surface area contributed by atoms with E-state index in [4.69, 9.17) is 14.0 Å². The summed E-state index contributed by atoms with van der Waals surface area (Å²) in [6.45, 7) is 4.82. The molecule has 220 valence electrons. The van der Waals surface area contributed by atoms with E-state index in [-0.39, 0.29) is 34.3 Å². The molecule has 6 rings (SSSR count). The number of halogens is 2. The zero-order valence-corrected chi connectivity index (χ0v) is 24.5. The highest BCUT2D eigenvalue weighted by molar-refractivity contribution is 7.46. The van der Waals surface area contributed by atoms with Gasteiger partial charge in [-0.15, -0.1) is 11.3 Å². The van der Waals surface area contributed by atoms with Gasteiger partial charge in [-0.25, -0.2) is 13.3 Å². The number of ether oxygens (including phenoxy) is 2. The SMILES string of the molecule is Cc1cc(F)cc(C)c1C(=O)c1sc2cc(OP(=O)(O)O)ccc2c1Oc1ccc(O[C@H]2CCN(C3CC3F)C2)cc1. The second-order valence-corrected chi connectivity index (χ2v) is 12.9. The summed E-state index contributed by atoms with van der Waals surface area (Å²) in [5.41, 5.74) is 1.29. The van der Waals surface area contributed by atoms with Crippen molar-refractivity contribution in [1.82, 2.24) is 4.90 Å². The van der Waals surface area contributed by atoms with E-state index in [0.717, 1.165) is 24.3 Å². The highest BCUT2D eigenvalue weighted by Gasteiger charge is 2.45. The van der Waals surface area contributed by atoms with Crippen molar-refractivity contribution in [3.8, 4) is 23.0 Å². The Morgan fingerprint density at radius 2 is 1.67 bits per heavy atom. The van der Waals surface area contributed by atoms with E-state index in [1.54, 1.807) is 44.2 Å². The summed E-state index contributed by atoms with van der Waals surface area (Å²) in [5, 5.41) is 0.538. The minimum Gasteiger partial charge on any atom is -0.489 e. The maximum absolute atomic E-state index is 14.0. The van der Waals surface area contributed by atoms with Crippen molar-refractivity contribution in [3.63, 3.8) is 0 Å². The van der Waals surface area contributed by atoms with Crippen LogP contribution in [0.15, 0.2) is 54.6 Å². The number of rotatable bonds is 9. The van der Waals surface area contributed by atoms with Gasteiger partial charge < -0.3 is 14.0 Å². The molecule has 0 spiro atoms. The number of carbonyl (C=O) groups excluding carboxylic acids is 1. The molecule has 2 heterocycles. The number of phosphoric acid groups is 1. The lowest BCUT2D eigenvalue weighted by Gasteiger charge is -2.16. The van der Waals surface area contributed by atoms with Crippen molar-refractivity contribution in [2.45, 2.75) is 45.0 Å². The molecule has 0 bridgehead atoms. The zero-order chi connectivity index (χ0) is 29.8. The molecule has 8 nitrogen and oxygen atoms in total. The number of ketones is 1. The first kappa shape index (κ1) is 28.8. The van der Waals surface area contributed by atoms with Crippen LogP contribution >= 0.6 is 19.2 Å². The molecular formula is C30H28F2NO7PS. The van der Waals surface area contributed by atoms with Crippen LogP contribution in [0.2, 0.25) is 0 Å². The van der Waals surface area contributed by atoms with Gasteiger partial charge in [0.25, 0.3) is 0 Å². The Kier molecular flexibility index (Phi) is 7.57. The van der Waals surface area contributed by atoms with Gasteiger partial charge in [-0.1, -0.05) is 0 Å². The standard InChI is InChI=1S/C30H28F2NO7PS/c1-16-11-18(31)12-17(2)27(16)28(34)30-29(23-8-7-21(13-26(23)42-30)40-41(35,36)37)39-20-5-3-19(4-6-20)38-22-9-10-33(15-22)25-14-24(25)32/h3-8,11-13,22,24-25H,9-10,14-15H2,1-2H3,(H2,35,36,37)/t22-,24?,25?/m0/s1. The van der Waals surface area contributed by atoms with Crippen molar-refractivity contribution < 1.29 is 41.9 Å². The predicted molar refractivity (Wildman–Crippen MR) is 154 cm³/mol. The Labute approximate surface area is 244 Å². The molecule has 2 aliphatic rings. The molecule has 1 saturated heterocycles. The Morgan fingerprint density at radius 1 is 1.02 bits per heavy atom. The van der Waals surface area contributed by atoms with Gasteiger partial charge in [-0.05, 0) is 92.4 Å². The summed E-state index contributed by atoms with van der Waals surface area (Å²) in [4.78, 5) is 34.7. The van der Waals surface area contributed by atoms with Crippen molar-refractivity contribution in [1.29, 1.82) is 0 Å². The molecule has 2 N–H and O–H groups in total. The maximum atomic E-state index is 14.0. The van der Waals surface area contributed by atoms with Crippen LogP contribution in [-0.2, 0) is 4.57 Å².